The van der Waals surface area contributed by atoms with Crippen LogP contribution in [0.1, 0.15) is 18.1 Å². The van der Waals surface area contributed by atoms with Gasteiger partial charge in [0.1, 0.15) is 12.4 Å². The molecule has 2 heterocycles. The van der Waals surface area contributed by atoms with Crippen LogP contribution in [0.4, 0.5) is 17.2 Å². The summed E-state index contributed by atoms with van der Waals surface area (Å²) in [7, 11) is 0. The predicted molar refractivity (Wildman–Crippen MR) is 106 cm³/mol. The summed E-state index contributed by atoms with van der Waals surface area (Å²) in [5.41, 5.74) is 4.69. The molecular formula is C22H23N3O. The first-order chi connectivity index (χ1) is 12.7. The largest absolute Gasteiger partial charge is 0.489 e. The number of aryl methyl sites for hydroxylation is 1. The number of hydrogen-bond donors (Lipinski definition) is 0. The quantitative estimate of drug-likeness (QED) is 0.657. The lowest BCUT2D eigenvalue weighted by atomic mass is 10.2. The van der Waals surface area contributed by atoms with Crippen LogP contribution in [0.25, 0.3) is 0 Å². The van der Waals surface area contributed by atoms with Gasteiger partial charge in [-0.05, 0) is 55.3 Å². The lowest BCUT2D eigenvalue weighted by Gasteiger charge is -2.20. The van der Waals surface area contributed by atoms with Crippen molar-refractivity contribution in [3.05, 3.63) is 78.0 Å². The Kier molecular flexibility index (Phi) is 4.48. The van der Waals surface area contributed by atoms with Gasteiger partial charge in [-0.3, -0.25) is 0 Å². The molecule has 1 aromatic heterocycles. The molecule has 0 radical (unpaired) electrons. The SMILES string of the molecule is CCN1CN(c2ccc(OCc3ccccc3)cc2)c2ncc(C)cc21. The van der Waals surface area contributed by atoms with Gasteiger partial charge in [-0.15, -0.1) is 0 Å². The van der Waals surface area contributed by atoms with Crippen molar-refractivity contribution in [2.45, 2.75) is 20.5 Å². The number of pyridine rings is 1. The second kappa shape index (κ2) is 7.08. The highest BCUT2D eigenvalue weighted by Gasteiger charge is 2.27. The van der Waals surface area contributed by atoms with Crippen molar-refractivity contribution >= 4 is 17.2 Å². The summed E-state index contributed by atoms with van der Waals surface area (Å²) in [6, 6.07) is 20.7. The van der Waals surface area contributed by atoms with Crippen LogP contribution in [0, 0.1) is 6.92 Å². The Hall–Kier alpha value is -3.01. The Balaban J connectivity index is 1.51. The average Bonchev–Trinajstić information content (AvgIpc) is 3.05. The molecule has 1 aliphatic heterocycles. The van der Waals surface area contributed by atoms with E-state index < -0.39 is 0 Å². The number of nitrogens with zero attached hydrogens (tertiary/aromatic N) is 3. The number of aromatic nitrogens is 1. The Morgan fingerprint density at radius 1 is 1.04 bits per heavy atom. The number of benzene rings is 2. The average molecular weight is 345 g/mol. The third-order valence-electron chi connectivity index (χ3n) is 4.67. The van der Waals surface area contributed by atoms with Gasteiger partial charge in [-0.2, -0.15) is 0 Å². The zero-order chi connectivity index (χ0) is 17.9. The van der Waals surface area contributed by atoms with Crippen LogP contribution >= 0.6 is 0 Å². The van der Waals surface area contributed by atoms with Gasteiger partial charge < -0.3 is 14.5 Å². The van der Waals surface area contributed by atoms with E-state index in [-0.39, 0.29) is 0 Å². The maximum atomic E-state index is 5.89. The molecule has 0 spiro atoms. The number of hydrogen-bond acceptors (Lipinski definition) is 4. The Bertz CT molecular complexity index is 878. The molecule has 4 heteroatoms. The summed E-state index contributed by atoms with van der Waals surface area (Å²) >= 11 is 0. The van der Waals surface area contributed by atoms with Gasteiger partial charge in [0.25, 0.3) is 0 Å². The van der Waals surface area contributed by atoms with E-state index in [1.807, 2.05) is 36.5 Å². The second-order valence-corrected chi connectivity index (χ2v) is 6.55. The fourth-order valence-corrected chi connectivity index (χ4v) is 3.24. The fourth-order valence-electron chi connectivity index (χ4n) is 3.24. The molecule has 0 bridgehead atoms. The normalized spacial score (nSPS) is 13.0. The predicted octanol–water partition coefficient (Wildman–Crippen LogP) is 4.90. The van der Waals surface area contributed by atoms with Crippen molar-refractivity contribution in [3.8, 4) is 5.75 Å². The molecule has 0 unspecified atom stereocenters. The summed E-state index contributed by atoms with van der Waals surface area (Å²) in [6.45, 7) is 6.63. The highest BCUT2D eigenvalue weighted by atomic mass is 16.5. The van der Waals surface area contributed by atoms with Crippen LogP contribution in [-0.4, -0.2) is 18.2 Å². The van der Waals surface area contributed by atoms with Crippen LogP contribution in [0.2, 0.25) is 0 Å². The summed E-state index contributed by atoms with van der Waals surface area (Å²) < 4.78 is 5.89. The van der Waals surface area contributed by atoms with Crippen molar-refractivity contribution in [2.24, 2.45) is 0 Å². The van der Waals surface area contributed by atoms with Crippen LogP contribution in [0.3, 0.4) is 0 Å². The lowest BCUT2D eigenvalue weighted by Crippen LogP contribution is -2.27. The molecule has 132 valence electrons. The van der Waals surface area contributed by atoms with Gasteiger partial charge >= 0.3 is 0 Å². The van der Waals surface area contributed by atoms with E-state index in [1.165, 1.54) is 16.8 Å². The van der Waals surface area contributed by atoms with E-state index in [0.29, 0.717) is 6.61 Å². The minimum absolute atomic E-state index is 0.581. The van der Waals surface area contributed by atoms with Crippen molar-refractivity contribution in [1.29, 1.82) is 0 Å². The van der Waals surface area contributed by atoms with Gasteiger partial charge in [0, 0.05) is 18.4 Å². The maximum Gasteiger partial charge on any atom is 0.158 e. The number of fused-ring (bicyclic) bond motifs is 1. The van der Waals surface area contributed by atoms with Crippen LogP contribution in [0.15, 0.2) is 66.9 Å². The monoisotopic (exact) mass is 345 g/mol. The van der Waals surface area contributed by atoms with E-state index in [0.717, 1.165) is 30.5 Å². The molecule has 0 N–H and O–H groups in total. The topological polar surface area (TPSA) is 28.6 Å². The molecule has 0 atom stereocenters. The molecule has 26 heavy (non-hydrogen) atoms. The lowest BCUT2D eigenvalue weighted by molar-refractivity contribution is 0.306. The Morgan fingerprint density at radius 2 is 1.81 bits per heavy atom. The molecular weight excluding hydrogens is 322 g/mol. The number of ether oxygens (including phenoxy) is 1. The van der Waals surface area contributed by atoms with Crippen molar-refractivity contribution in [2.75, 3.05) is 23.0 Å². The minimum Gasteiger partial charge on any atom is -0.489 e. The minimum atomic E-state index is 0.581. The van der Waals surface area contributed by atoms with Gasteiger partial charge in [0.2, 0.25) is 0 Å². The summed E-state index contributed by atoms with van der Waals surface area (Å²) in [4.78, 5) is 9.26. The van der Waals surface area contributed by atoms with Crippen LogP contribution in [0.5, 0.6) is 5.75 Å². The van der Waals surface area contributed by atoms with Gasteiger partial charge in [0.05, 0.1) is 12.4 Å². The second-order valence-electron chi connectivity index (χ2n) is 6.55. The Labute approximate surface area is 154 Å². The van der Waals surface area contributed by atoms with Crippen LogP contribution < -0.4 is 14.5 Å². The molecule has 0 amide bonds. The zero-order valence-electron chi connectivity index (χ0n) is 15.2. The van der Waals surface area contributed by atoms with E-state index in [9.17, 15) is 0 Å². The van der Waals surface area contributed by atoms with Crippen LogP contribution in [-0.2, 0) is 6.61 Å². The molecule has 0 aliphatic carbocycles. The highest BCUT2D eigenvalue weighted by Crippen LogP contribution is 2.39. The first kappa shape index (κ1) is 16.5. The third-order valence-corrected chi connectivity index (χ3v) is 4.67. The molecule has 3 aromatic rings. The van der Waals surface area contributed by atoms with E-state index in [2.05, 4.69) is 59.0 Å². The molecule has 4 rings (SSSR count). The number of rotatable bonds is 5. The van der Waals surface area contributed by atoms with Crippen molar-refractivity contribution in [1.82, 2.24) is 4.98 Å². The van der Waals surface area contributed by atoms with Crippen molar-refractivity contribution in [3.63, 3.8) is 0 Å². The third kappa shape index (κ3) is 3.23. The molecule has 1 aliphatic rings. The van der Waals surface area contributed by atoms with E-state index >= 15 is 0 Å². The highest BCUT2D eigenvalue weighted by molar-refractivity contribution is 5.79. The fraction of sp³-hybridized carbons (Fsp3) is 0.227. The zero-order valence-corrected chi connectivity index (χ0v) is 15.2. The molecule has 0 saturated carbocycles. The van der Waals surface area contributed by atoms with Crippen molar-refractivity contribution < 1.29 is 4.74 Å². The first-order valence-corrected chi connectivity index (χ1v) is 9.00. The molecule has 0 fully saturated rings. The standard InChI is InChI=1S/C22H23N3O/c1-3-24-16-25(22-21(24)13-17(2)14-23-22)19-9-11-20(12-10-19)26-15-18-7-5-4-6-8-18/h4-14H,3,15-16H2,1-2H3. The van der Waals surface area contributed by atoms with E-state index in [1.54, 1.807) is 0 Å². The Morgan fingerprint density at radius 3 is 2.54 bits per heavy atom. The molecule has 2 aromatic carbocycles. The van der Waals surface area contributed by atoms with Gasteiger partial charge in [-0.1, -0.05) is 30.3 Å². The molecule has 0 saturated heterocycles. The number of anilines is 3. The smallest absolute Gasteiger partial charge is 0.158 e. The maximum absolute atomic E-state index is 5.89. The van der Waals surface area contributed by atoms with Gasteiger partial charge in [0.15, 0.2) is 5.82 Å². The first-order valence-electron chi connectivity index (χ1n) is 9.00. The summed E-state index contributed by atoms with van der Waals surface area (Å²) in [5, 5.41) is 0. The summed E-state index contributed by atoms with van der Waals surface area (Å²) in [6.07, 6.45) is 1.93. The van der Waals surface area contributed by atoms with E-state index in [4.69, 9.17) is 4.74 Å². The molecule has 4 nitrogen and oxygen atoms in total. The summed E-state index contributed by atoms with van der Waals surface area (Å²) in [5.74, 6) is 1.90. The van der Waals surface area contributed by atoms with Gasteiger partial charge in [-0.25, -0.2) is 4.98 Å².